The Morgan fingerprint density at radius 2 is 1.86 bits per heavy atom. The van der Waals surface area contributed by atoms with Gasteiger partial charge in [0.25, 0.3) is 5.91 Å². The molecular formula is C16H13BrN2OS. The Balaban J connectivity index is 1.93. The van der Waals surface area contributed by atoms with Crippen LogP contribution >= 0.6 is 27.3 Å². The lowest BCUT2D eigenvalue weighted by atomic mass is 10.1. The van der Waals surface area contributed by atoms with Crippen LogP contribution in [0.5, 0.6) is 0 Å². The average Bonchev–Trinajstić information content (AvgIpc) is 2.98. The number of benzene rings is 1. The van der Waals surface area contributed by atoms with Gasteiger partial charge in [-0.2, -0.15) is 10.1 Å². The Kier molecular flexibility index (Phi) is 3.78. The summed E-state index contributed by atoms with van der Waals surface area (Å²) < 4.78 is 0.975. The van der Waals surface area contributed by atoms with Gasteiger partial charge in [-0.3, -0.25) is 4.79 Å². The van der Waals surface area contributed by atoms with Gasteiger partial charge in [-0.1, -0.05) is 15.9 Å². The minimum absolute atomic E-state index is 0.0825. The molecule has 0 radical (unpaired) electrons. The first-order valence-corrected chi connectivity index (χ1v) is 8.09. The number of thiophene rings is 1. The molecule has 3 rings (SSSR count). The zero-order valence-corrected chi connectivity index (χ0v) is 14.0. The van der Waals surface area contributed by atoms with Gasteiger partial charge in [0.05, 0.1) is 17.0 Å². The third kappa shape index (κ3) is 2.84. The van der Waals surface area contributed by atoms with Crippen molar-refractivity contribution in [2.75, 3.05) is 5.01 Å². The van der Waals surface area contributed by atoms with Crippen molar-refractivity contribution in [2.45, 2.75) is 13.8 Å². The number of hydrazone groups is 1. The molecule has 0 N–H and O–H groups in total. The van der Waals surface area contributed by atoms with Gasteiger partial charge in [0, 0.05) is 14.2 Å². The van der Waals surface area contributed by atoms with E-state index in [1.807, 2.05) is 43.3 Å². The largest absolute Gasteiger partial charge is 0.280 e. The van der Waals surface area contributed by atoms with E-state index in [1.54, 1.807) is 11.3 Å². The third-order valence-corrected chi connectivity index (χ3v) is 4.66. The fourth-order valence-corrected chi connectivity index (χ4v) is 3.20. The molecule has 2 heterocycles. The monoisotopic (exact) mass is 360 g/mol. The number of halogens is 1. The van der Waals surface area contributed by atoms with Gasteiger partial charge < -0.3 is 0 Å². The second-order valence-electron chi connectivity index (χ2n) is 4.79. The van der Waals surface area contributed by atoms with Crippen molar-refractivity contribution in [1.82, 2.24) is 0 Å². The van der Waals surface area contributed by atoms with Crippen molar-refractivity contribution in [3.63, 3.8) is 0 Å². The molecule has 1 aliphatic rings. The number of carbonyl (C=O) groups excluding carboxylic acids is 1. The van der Waals surface area contributed by atoms with Crippen LogP contribution < -0.4 is 5.01 Å². The Labute approximate surface area is 135 Å². The van der Waals surface area contributed by atoms with Crippen LogP contribution in [0.15, 0.2) is 51.5 Å². The molecule has 0 bridgehead atoms. The molecule has 2 aromatic rings. The number of amides is 1. The van der Waals surface area contributed by atoms with Crippen molar-refractivity contribution < 1.29 is 4.79 Å². The van der Waals surface area contributed by atoms with Gasteiger partial charge >= 0.3 is 0 Å². The van der Waals surface area contributed by atoms with Crippen molar-refractivity contribution in [2.24, 2.45) is 5.10 Å². The van der Waals surface area contributed by atoms with E-state index in [9.17, 15) is 4.79 Å². The number of nitrogens with zero attached hydrogens (tertiary/aromatic N) is 2. The van der Waals surface area contributed by atoms with E-state index in [-0.39, 0.29) is 5.91 Å². The molecule has 0 fully saturated rings. The number of hydrogen-bond acceptors (Lipinski definition) is 3. The van der Waals surface area contributed by atoms with Gasteiger partial charge in [-0.25, -0.2) is 0 Å². The Hall–Kier alpha value is -1.72. The number of carbonyl (C=O) groups is 1. The van der Waals surface area contributed by atoms with Crippen LogP contribution in [0.4, 0.5) is 5.69 Å². The third-order valence-electron chi connectivity index (χ3n) is 3.18. The van der Waals surface area contributed by atoms with Crippen LogP contribution in [0.2, 0.25) is 0 Å². The van der Waals surface area contributed by atoms with Gasteiger partial charge in [-0.05, 0) is 56.3 Å². The summed E-state index contributed by atoms with van der Waals surface area (Å²) >= 11 is 5.06. The first-order chi connectivity index (χ1) is 10.0. The molecule has 0 spiro atoms. The van der Waals surface area contributed by atoms with Crippen molar-refractivity contribution in [3.8, 4) is 0 Å². The highest BCUT2D eigenvalue weighted by molar-refractivity contribution is 9.10. The van der Waals surface area contributed by atoms with Crippen LogP contribution in [0, 0.1) is 6.92 Å². The predicted octanol–water partition coefficient (Wildman–Crippen LogP) is 4.63. The van der Waals surface area contributed by atoms with E-state index < -0.39 is 0 Å². The Morgan fingerprint density at radius 3 is 2.48 bits per heavy atom. The maximum atomic E-state index is 12.5. The molecule has 106 valence electrons. The first-order valence-electron chi connectivity index (χ1n) is 6.48. The highest BCUT2D eigenvalue weighted by Crippen LogP contribution is 2.27. The molecule has 0 aliphatic carbocycles. The van der Waals surface area contributed by atoms with Crippen molar-refractivity contribution in [3.05, 3.63) is 56.2 Å². The van der Waals surface area contributed by atoms with Crippen LogP contribution in [-0.4, -0.2) is 11.6 Å². The van der Waals surface area contributed by atoms with E-state index in [0.29, 0.717) is 5.57 Å². The van der Waals surface area contributed by atoms with Gasteiger partial charge in [0.15, 0.2) is 0 Å². The summed E-state index contributed by atoms with van der Waals surface area (Å²) in [5, 5.41) is 5.83. The molecule has 1 aromatic heterocycles. The van der Waals surface area contributed by atoms with Gasteiger partial charge in [-0.15, -0.1) is 11.3 Å². The molecule has 21 heavy (non-hydrogen) atoms. The lowest BCUT2D eigenvalue weighted by Crippen LogP contribution is -2.21. The summed E-state index contributed by atoms with van der Waals surface area (Å²) in [7, 11) is 0. The van der Waals surface area contributed by atoms with E-state index in [2.05, 4.69) is 34.0 Å². The molecule has 3 nitrogen and oxygen atoms in total. The summed E-state index contributed by atoms with van der Waals surface area (Å²) in [4.78, 5) is 14.8. The topological polar surface area (TPSA) is 32.7 Å². The van der Waals surface area contributed by atoms with Gasteiger partial charge in [0.1, 0.15) is 0 Å². The zero-order valence-electron chi connectivity index (χ0n) is 11.6. The predicted molar refractivity (Wildman–Crippen MR) is 91.8 cm³/mol. The summed E-state index contributed by atoms with van der Waals surface area (Å²) in [6.45, 7) is 3.92. The smallest absolute Gasteiger partial charge is 0.267 e. The van der Waals surface area contributed by atoms with E-state index >= 15 is 0 Å². The fraction of sp³-hybridized carbons (Fsp3) is 0.125. The lowest BCUT2D eigenvalue weighted by molar-refractivity contribution is -0.114. The van der Waals surface area contributed by atoms with Crippen LogP contribution in [0.3, 0.4) is 0 Å². The van der Waals surface area contributed by atoms with Crippen molar-refractivity contribution in [1.29, 1.82) is 0 Å². The zero-order chi connectivity index (χ0) is 15.0. The fourth-order valence-electron chi connectivity index (χ4n) is 2.11. The normalized spacial score (nSPS) is 16.7. The van der Waals surface area contributed by atoms with Crippen LogP contribution in [-0.2, 0) is 4.79 Å². The minimum Gasteiger partial charge on any atom is -0.267 e. The van der Waals surface area contributed by atoms with E-state index in [1.165, 1.54) is 9.89 Å². The Bertz CT molecular complexity index is 759. The first kappa shape index (κ1) is 14.2. The molecule has 0 atom stereocenters. The number of anilines is 1. The van der Waals surface area contributed by atoms with Crippen LogP contribution in [0.1, 0.15) is 16.7 Å². The average molecular weight is 361 g/mol. The van der Waals surface area contributed by atoms with E-state index in [4.69, 9.17) is 0 Å². The van der Waals surface area contributed by atoms with Crippen LogP contribution in [0.25, 0.3) is 6.08 Å². The highest BCUT2D eigenvalue weighted by atomic mass is 79.9. The second-order valence-corrected chi connectivity index (χ2v) is 7.02. The maximum Gasteiger partial charge on any atom is 0.280 e. The number of hydrogen-bond donors (Lipinski definition) is 0. The van der Waals surface area contributed by atoms with Crippen molar-refractivity contribution >= 4 is 50.6 Å². The second kappa shape index (κ2) is 5.58. The molecule has 1 amide bonds. The molecule has 1 aliphatic heterocycles. The standard InChI is InChI=1S/C16H13BrN2OS/c1-10-3-8-14(21-10)9-15-11(2)18-19(16(15)20)13-6-4-12(17)5-7-13/h3-9H,1-2H3/b15-9+. The summed E-state index contributed by atoms with van der Waals surface area (Å²) in [6.07, 6.45) is 1.91. The molecule has 0 saturated carbocycles. The highest BCUT2D eigenvalue weighted by Gasteiger charge is 2.28. The molecule has 0 unspecified atom stereocenters. The minimum atomic E-state index is -0.0825. The molecular weight excluding hydrogens is 348 g/mol. The quantitative estimate of drug-likeness (QED) is 0.718. The molecule has 1 aromatic carbocycles. The van der Waals surface area contributed by atoms with Gasteiger partial charge in [0.2, 0.25) is 0 Å². The van der Waals surface area contributed by atoms with E-state index in [0.717, 1.165) is 20.7 Å². The lowest BCUT2D eigenvalue weighted by Gasteiger charge is -2.11. The molecule has 5 heteroatoms. The Morgan fingerprint density at radius 1 is 1.14 bits per heavy atom. The number of aryl methyl sites for hydroxylation is 1. The summed E-state index contributed by atoms with van der Waals surface area (Å²) in [5.74, 6) is -0.0825. The SMILES string of the molecule is CC1=NN(c2ccc(Br)cc2)C(=O)/C1=C/c1ccc(C)s1. The number of rotatable bonds is 2. The molecule has 0 saturated heterocycles. The maximum absolute atomic E-state index is 12.5. The summed E-state index contributed by atoms with van der Waals surface area (Å²) in [5.41, 5.74) is 2.17. The summed E-state index contributed by atoms with van der Waals surface area (Å²) in [6, 6.07) is 11.6.